The molecule has 0 atom stereocenters. The summed E-state index contributed by atoms with van der Waals surface area (Å²) in [6.07, 6.45) is 0. The minimum Gasteiger partial charge on any atom is -0.0149 e. The number of amides is 1. The van der Waals surface area contributed by atoms with Gasteiger partial charge in [0.05, 0.1) is 0 Å². The quantitative estimate of drug-likeness (QED) is 0.154. The first kappa shape index (κ1) is 30.9. The van der Waals surface area contributed by atoms with Gasteiger partial charge in [-0.3, -0.25) is 0 Å². The standard InChI is InChI=1S/C16H14.C13H9.C7H7NO.2CH3.H4Si.Ti/c1-13(15-9-5-3-6-10-15)14(2)16-11-7-4-8-12-16;1-3-7-12-10(5-1)9-11-6-2-4-8-13(11)12;8-7(9)6-4-2-1-3-5-6;;;;/h3-12H,1-2H2;1-9H;1-5H,(H2,8,9);2*1H3;1H4;/q;;;;;;+1/p-1. The van der Waals surface area contributed by atoms with E-state index in [1.165, 1.54) is 22.3 Å². The predicted octanol–water partition coefficient (Wildman–Crippen LogP) is 8.31. The number of nitrogens with one attached hydrogen (secondary N) is 1. The molecular weight excluding hydrogens is 562 g/mol. The maximum Gasteiger partial charge on any atom is -0.0149 e. The zero-order chi connectivity index (χ0) is 28.8. The Morgan fingerprint density at radius 1 is 0.548 bits per heavy atom. The molecule has 1 aliphatic rings. The van der Waals surface area contributed by atoms with Crippen LogP contribution >= 0.6 is 0 Å². The van der Waals surface area contributed by atoms with Crippen molar-refractivity contribution in [3.05, 3.63) is 181 Å². The Morgan fingerprint density at radius 3 is 1.29 bits per heavy atom. The molecule has 0 unspecified atom stereocenters. The van der Waals surface area contributed by atoms with Gasteiger partial charge < -0.3 is 0 Å². The predicted molar refractivity (Wildman–Crippen MR) is 182 cm³/mol. The SMILES string of the molecule is C=C(C(=C)c1ccccc1)c1ccccc1.[CH3][Ti]([CH3])([NH]C(=O)c1ccccc1)[CH]1c2ccccc2-c2ccccc21.[SiH4]. The van der Waals surface area contributed by atoms with Crippen LogP contribution in [0.5, 0.6) is 0 Å². The van der Waals surface area contributed by atoms with Crippen LogP contribution in [0.2, 0.25) is 10.5 Å². The second-order valence-corrected chi connectivity index (χ2v) is 17.5. The second-order valence-electron chi connectivity index (χ2n) is 10.8. The summed E-state index contributed by atoms with van der Waals surface area (Å²) in [6.45, 7) is 8.20. The number of rotatable bonds is 6. The Balaban J connectivity index is 0.000000207. The van der Waals surface area contributed by atoms with Gasteiger partial charge in [0.25, 0.3) is 0 Å². The summed E-state index contributed by atoms with van der Waals surface area (Å²) in [5.74, 6) is 0.0486. The molecule has 1 aliphatic carbocycles. The first-order valence-electron chi connectivity index (χ1n) is 13.9. The first-order chi connectivity index (χ1) is 19.9. The van der Waals surface area contributed by atoms with Gasteiger partial charge in [0.15, 0.2) is 0 Å². The van der Waals surface area contributed by atoms with E-state index in [-0.39, 0.29) is 16.9 Å². The molecule has 5 aromatic carbocycles. The van der Waals surface area contributed by atoms with E-state index in [9.17, 15) is 4.79 Å². The van der Waals surface area contributed by atoms with Crippen molar-refractivity contribution in [2.45, 2.75) is 14.7 Å². The summed E-state index contributed by atoms with van der Waals surface area (Å²) in [4.78, 5) is 12.8. The number of carbonyl (C=O) groups is 1. The van der Waals surface area contributed by atoms with Crippen molar-refractivity contribution in [2.75, 3.05) is 0 Å². The average Bonchev–Trinajstić information content (AvgIpc) is 3.37. The maximum absolute atomic E-state index is 12.8. The molecule has 2 nitrogen and oxygen atoms in total. The molecule has 6 rings (SSSR count). The molecule has 42 heavy (non-hydrogen) atoms. The van der Waals surface area contributed by atoms with E-state index < -0.39 is 16.8 Å². The molecule has 0 aromatic heterocycles. The molecule has 4 heteroatoms. The van der Waals surface area contributed by atoms with Gasteiger partial charge in [0, 0.05) is 0 Å². The molecule has 0 aliphatic heterocycles. The molecule has 1 N–H and O–H groups in total. The van der Waals surface area contributed by atoms with Gasteiger partial charge in [-0.25, -0.2) is 0 Å². The van der Waals surface area contributed by atoms with Gasteiger partial charge in [-0.15, -0.1) is 0 Å². The maximum atomic E-state index is 12.8. The number of carbonyl (C=O) groups excluding carboxylic acids is 1. The van der Waals surface area contributed by atoms with E-state index in [2.05, 4.69) is 100 Å². The summed E-state index contributed by atoms with van der Waals surface area (Å²) in [6, 6.07) is 47.0. The Kier molecular flexibility index (Phi) is 10.1. The zero-order valence-corrected chi connectivity index (χ0v) is 25.2. The molecule has 0 bridgehead atoms. The summed E-state index contributed by atoms with van der Waals surface area (Å²) >= 11 is -2.72. The van der Waals surface area contributed by atoms with Crippen molar-refractivity contribution in [1.82, 2.24) is 3.80 Å². The molecule has 5 aromatic rings. The van der Waals surface area contributed by atoms with E-state index in [0.717, 1.165) is 27.8 Å². The third kappa shape index (κ3) is 6.71. The molecular formula is C38H39NOSiTi. The topological polar surface area (TPSA) is 29.1 Å². The van der Waals surface area contributed by atoms with E-state index in [1.54, 1.807) is 0 Å². The minimum atomic E-state index is -2.72. The summed E-state index contributed by atoms with van der Waals surface area (Å²) in [5, 5.41) is 4.59. The van der Waals surface area contributed by atoms with Crippen molar-refractivity contribution < 1.29 is 21.6 Å². The molecule has 0 saturated heterocycles. The van der Waals surface area contributed by atoms with Crippen molar-refractivity contribution >= 4 is 28.0 Å². The van der Waals surface area contributed by atoms with Crippen LogP contribution in [0.1, 0.15) is 36.8 Å². The monoisotopic (exact) mass is 601 g/mol. The second kappa shape index (κ2) is 13.8. The van der Waals surface area contributed by atoms with E-state index >= 15 is 0 Å². The summed E-state index contributed by atoms with van der Waals surface area (Å²) in [7, 11) is 0. The van der Waals surface area contributed by atoms with Crippen LogP contribution in [0.15, 0.2) is 153 Å². The molecule has 0 heterocycles. The molecule has 0 fully saturated rings. The van der Waals surface area contributed by atoms with Crippen LogP contribution in [0, 0.1) is 0 Å². The van der Waals surface area contributed by atoms with Crippen molar-refractivity contribution in [3.63, 3.8) is 0 Å². The molecule has 1 amide bonds. The Hall–Kier alpha value is -4.02. The fraction of sp³-hybridized carbons (Fsp3) is 0.0789. The normalized spacial score (nSPS) is 11.6. The van der Waals surface area contributed by atoms with Crippen molar-refractivity contribution in [3.8, 4) is 11.1 Å². The molecule has 210 valence electrons. The smallest absolute Gasteiger partial charge is 0.0149 e. The molecule has 0 spiro atoms. The average molecular weight is 602 g/mol. The third-order valence-electron chi connectivity index (χ3n) is 7.64. The van der Waals surface area contributed by atoms with Crippen LogP contribution < -0.4 is 3.80 Å². The number of hydrogen-bond acceptors (Lipinski definition) is 1. The van der Waals surface area contributed by atoms with Gasteiger partial charge in [0.2, 0.25) is 0 Å². The van der Waals surface area contributed by atoms with Gasteiger partial charge in [-0.05, 0) is 33.2 Å². The van der Waals surface area contributed by atoms with Crippen LogP contribution in [-0.2, 0) is 16.8 Å². The number of benzene rings is 5. The van der Waals surface area contributed by atoms with E-state index in [4.69, 9.17) is 0 Å². The van der Waals surface area contributed by atoms with Crippen molar-refractivity contribution in [2.24, 2.45) is 0 Å². The minimum absolute atomic E-state index is 0. The molecule has 0 radical (unpaired) electrons. The third-order valence-corrected chi connectivity index (χ3v) is 12.2. The van der Waals surface area contributed by atoms with E-state index in [1.807, 2.05) is 66.7 Å². The zero-order valence-electron chi connectivity index (χ0n) is 23.7. The summed E-state index contributed by atoms with van der Waals surface area (Å²) < 4.78 is 3.76. The largest absolute Gasteiger partial charge is 0.0149 e. The summed E-state index contributed by atoms with van der Waals surface area (Å²) in [5.41, 5.74) is 10.3. The van der Waals surface area contributed by atoms with Crippen LogP contribution in [-0.4, -0.2) is 16.9 Å². The number of hydrogen-bond donors (Lipinski definition) is 1. The fourth-order valence-electron chi connectivity index (χ4n) is 5.59. The Bertz CT molecular complexity index is 1590. The van der Waals surface area contributed by atoms with Crippen LogP contribution in [0.3, 0.4) is 0 Å². The van der Waals surface area contributed by atoms with Crippen LogP contribution in [0.4, 0.5) is 0 Å². The Labute approximate surface area is 258 Å². The van der Waals surface area contributed by atoms with Gasteiger partial charge in [-0.1, -0.05) is 73.8 Å². The van der Waals surface area contributed by atoms with E-state index in [0.29, 0.717) is 4.22 Å². The van der Waals surface area contributed by atoms with Crippen LogP contribution in [0.25, 0.3) is 22.3 Å². The Morgan fingerprint density at radius 2 is 0.881 bits per heavy atom. The first-order valence-corrected chi connectivity index (χ1v) is 18.7. The van der Waals surface area contributed by atoms with Crippen molar-refractivity contribution in [1.29, 1.82) is 0 Å². The molecule has 0 saturated carbocycles. The van der Waals surface area contributed by atoms with Gasteiger partial charge in [0.1, 0.15) is 0 Å². The number of fused-ring (bicyclic) bond motifs is 3. The number of allylic oxidation sites excluding steroid dienone is 2. The fourth-order valence-corrected chi connectivity index (χ4v) is 10.2. The van der Waals surface area contributed by atoms with Gasteiger partial charge in [-0.2, -0.15) is 0 Å². The van der Waals surface area contributed by atoms with Gasteiger partial charge >= 0.3 is 153 Å².